The Morgan fingerprint density at radius 3 is 2.43 bits per heavy atom. The number of carboxylic acids is 1. The van der Waals surface area contributed by atoms with Crippen LogP contribution in [0.3, 0.4) is 0 Å². The average molecular weight is 286 g/mol. The molecule has 0 aliphatic carbocycles. The summed E-state index contributed by atoms with van der Waals surface area (Å²) >= 11 is 0. The minimum Gasteiger partial charge on any atom is -0.481 e. The van der Waals surface area contributed by atoms with E-state index in [0.29, 0.717) is 6.42 Å². The summed E-state index contributed by atoms with van der Waals surface area (Å²) in [6.45, 7) is 1.88. The molecule has 0 aliphatic rings. The van der Waals surface area contributed by atoms with E-state index in [1.54, 1.807) is 0 Å². The first kappa shape index (κ1) is 15.0. The summed E-state index contributed by atoms with van der Waals surface area (Å²) in [5, 5.41) is 11.4. The zero-order valence-electron chi connectivity index (χ0n) is 12.1. The van der Waals surface area contributed by atoms with Crippen molar-refractivity contribution in [3.8, 4) is 0 Å². The van der Waals surface area contributed by atoms with Crippen molar-refractivity contribution in [2.45, 2.75) is 19.3 Å². The fourth-order valence-corrected chi connectivity index (χ4v) is 2.77. The Labute approximate surface area is 123 Å². The lowest BCUT2D eigenvalue weighted by molar-refractivity contribution is -0.157. The van der Waals surface area contributed by atoms with Crippen LogP contribution in [0.1, 0.15) is 24.8 Å². The third-order valence-electron chi connectivity index (χ3n) is 3.79. The summed E-state index contributed by atoms with van der Waals surface area (Å²) in [4.78, 5) is 23.4. The van der Waals surface area contributed by atoms with Crippen LogP contribution in [0.2, 0.25) is 0 Å². The second kappa shape index (κ2) is 6.39. The quantitative estimate of drug-likeness (QED) is 0.677. The highest BCUT2D eigenvalue weighted by Crippen LogP contribution is 2.34. The lowest BCUT2D eigenvalue weighted by Gasteiger charge is -2.22. The van der Waals surface area contributed by atoms with Gasteiger partial charge in [-0.05, 0) is 22.8 Å². The Hall–Kier alpha value is -2.36. The van der Waals surface area contributed by atoms with Crippen LogP contribution in [0.25, 0.3) is 10.8 Å². The van der Waals surface area contributed by atoms with Crippen LogP contribution in [0.15, 0.2) is 42.5 Å². The summed E-state index contributed by atoms with van der Waals surface area (Å²) < 4.78 is 4.67. The van der Waals surface area contributed by atoms with Gasteiger partial charge in [0.2, 0.25) is 0 Å². The number of ether oxygens (including phenoxy) is 1. The van der Waals surface area contributed by atoms with Gasteiger partial charge < -0.3 is 9.84 Å². The summed E-state index contributed by atoms with van der Waals surface area (Å²) in [5.41, 5.74) is 0.869. The normalized spacial score (nSPS) is 13.6. The Bertz CT molecular complexity index is 657. The smallest absolute Gasteiger partial charge is 0.320 e. The van der Waals surface area contributed by atoms with Crippen LogP contribution in [0.5, 0.6) is 0 Å². The van der Waals surface area contributed by atoms with E-state index >= 15 is 0 Å². The lowest BCUT2D eigenvalue weighted by atomic mass is 9.82. The van der Waals surface area contributed by atoms with Crippen LogP contribution < -0.4 is 0 Å². The number of hydrogen-bond donors (Lipinski definition) is 1. The number of aliphatic carboxylic acids is 1. The molecule has 4 heteroatoms. The van der Waals surface area contributed by atoms with Crippen molar-refractivity contribution in [3.63, 3.8) is 0 Å². The molecule has 21 heavy (non-hydrogen) atoms. The molecule has 0 fully saturated rings. The average Bonchev–Trinajstić information content (AvgIpc) is 2.51. The van der Waals surface area contributed by atoms with Crippen molar-refractivity contribution in [1.82, 2.24) is 0 Å². The van der Waals surface area contributed by atoms with Crippen molar-refractivity contribution >= 4 is 22.7 Å². The van der Waals surface area contributed by atoms with Crippen LogP contribution >= 0.6 is 0 Å². The first-order valence-corrected chi connectivity index (χ1v) is 6.88. The maximum Gasteiger partial charge on any atom is 0.320 e. The summed E-state index contributed by atoms with van der Waals surface area (Å²) in [6.07, 6.45) is 0.542. The highest BCUT2D eigenvalue weighted by molar-refractivity contribution is 5.96. The highest BCUT2D eigenvalue weighted by Gasteiger charge is 2.36. The number of carboxylic acid groups (broad SMARTS) is 1. The van der Waals surface area contributed by atoms with Gasteiger partial charge in [-0.3, -0.25) is 9.59 Å². The molecule has 0 radical (unpaired) electrons. The molecule has 4 nitrogen and oxygen atoms in total. The van der Waals surface area contributed by atoms with E-state index in [1.165, 1.54) is 7.11 Å². The van der Waals surface area contributed by atoms with Gasteiger partial charge in [0.1, 0.15) is 0 Å². The molecule has 0 aromatic heterocycles. The van der Waals surface area contributed by atoms with Gasteiger partial charge in [0.05, 0.1) is 7.11 Å². The number of methoxy groups -OCH3 is 1. The molecule has 0 heterocycles. The largest absolute Gasteiger partial charge is 0.481 e. The van der Waals surface area contributed by atoms with Crippen molar-refractivity contribution < 1.29 is 19.4 Å². The Balaban J connectivity index is 2.57. The molecule has 0 aliphatic heterocycles. The molecule has 0 bridgehead atoms. The molecule has 2 aromatic rings. The standard InChI is InChI=1S/C17H18O4/c1-3-12(15(16(18)19)17(20)21-2)14-10-6-8-11-7-4-5-9-13(11)14/h4-10,12,15H,3H2,1-2H3,(H,18,19). The first-order chi connectivity index (χ1) is 10.1. The van der Waals surface area contributed by atoms with Crippen molar-refractivity contribution in [3.05, 3.63) is 48.0 Å². The number of carbonyl (C=O) groups excluding carboxylic acids is 1. The van der Waals surface area contributed by atoms with Gasteiger partial charge in [0.15, 0.2) is 5.92 Å². The molecule has 2 aromatic carbocycles. The van der Waals surface area contributed by atoms with Gasteiger partial charge in [-0.1, -0.05) is 49.4 Å². The predicted molar refractivity (Wildman–Crippen MR) is 80.1 cm³/mol. The summed E-state index contributed by atoms with van der Waals surface area (Å²) in [5.74, 6) is -3.46. The molecule has 1 N–H and O–H groups in total. The fourth-order valence-electron chi connectivity index (χ4n) is 2.77. The third kappa shape index (κ3) is 2.89. The Morgan fingerprint density at radius 2 is 1.81 bits per heavy atom. The van der Waals surface area contributed by atoms with Crippen LogP contribution in [0, 0.1) is 5.92 Å². The van der Waals surface area contributed by atoms with Crippen molar-refractivity contribution in [1.29, 1.82) is 0 Å². The number of benzene rings is 2. The molecule has 2 unspecified atom stereocenters. The number of carbonyl (C=O) groups is 2. The number of esters is 1. The van der Waals surface area contributed by atoms with Gasteiger partial charge in [-0.2, -0.15) is 0 Å². The van der Waals surface area contributed by atoms with Gasteiger partial charge in [-0.25, -0.2) is 0 Å². The van der Waals surface area contributed by atoms with Gasteiger partial charge >= 0.3 is 11.9 Å². The molecule has 2 rings (SSSR count). The molecule has 2 atom stereocenters. The molecular formula is C17H18O4. The number of fused-ring (bicyclic) bond motifs is 1. The molecule has 0 spiro atoms. The van der Waals surface area contributed by atoms with E-state index in [9.17, 15) is 14.7 Å². The molecule has 0 saturated heterocycles. The fraction of sp³-hybridized carbons (Fsp3) is 0.294. The highest BCUT2D eigenvalue weighted by atomic mass is 16.5. The van der Waals surface area contributed by atoms with Gasteiger partial charge in [0.25, 0.3) is 0 Å². The van der Waals surface area contributed by atoms with E-state index in [1.807, 2.05) is 49.4 Å². The first-order valence-electron chi connectivity index (χ1n) is 6.88. The van der Waals surface area contributed by atoms with Gasteiger partial charge in [0, 0.05) is 5.92 Å². The third-order valence-corrected chi connectivity index (χ3v) is 3.79. The molecule has 0 saturated carbocycles. The van der Waals surface area contributed by atoms with Gasteiger partial charge in [-0.15, -0.1) is 0 Å². The maximum absolute atomic E-state index is 11.9. The second-order valence-electron chi connectivity index (χ2n) is 4.92. The Morgan fingerprint density at radius 1 is 1.14 bits per heavy atom. The van der Waals surface area contributed by atoms with E-state index in [2.05, 4.69) is 4.74 Å². The SMILES string of the molecule is CCC(c1cccc2ccccc12)C(C(=O)O)C(=O)OC. The molecule has 110 valence electrons. The van der Waals surface area contributed by atoms with Crippen LogP contribution in [-0.4, -0.2) is 24.2 Å². The Kier molecular flexibility index (Phi) is 4.58. The second-order valence-corrected chi connectivity index (χ2v) is 4.92. The zero-order valence-corrected chi connectivity index (χ0v) is 12.1. The minimum absolute atomic E-state index is 0.416. The summed E-state index contributed by atoms with van der Waals surface area (Å²) in [6, 6.07) is 13.5. The summed E-state index contributed by atoms with van der Waals surface area (Å²) in [7, 11) is 1.22. The number of hydrogen-bond acceptors (Lipinski definition) is 3. The van der Waals surface area contributed by atoms with Crippen LogP contribution in [-0.2, 0) is 14.3 Å². The van der Waals surface area contributed by atoms with E-state index < -0.39 is 23.8 Å². The number of rotatable bonds is 5. The van der Waals surface area contributed by atoms with E-state index in [4.69, 9.17) is 0 Å². The molecule has 0 amide bonds. The minimum atomic E-state index is -1.19. The topological polar surface area (TPSA) is 63.6 Å². The van der Waals surface area contributed by atoms with E-state index in [-0.39, 0.29) is 0 Å². The molecular weight excluding hydrogens is 268 g/mol. The predicted octanol–water partition coefficient (Wildman–Crippen LogP) is 3.21. The van der Waals surface area contributed by atoms with Crippen LogP contribution in [0.4, 0.5) is 0 Å². The van der Waals surface area contributed by atoms with E-state index in [0.717, 1.165) is 16.3 Å². The van der Waals surface area contributed by atoms with Crippen molar-refractivity contribution in [2.24, 2.45) is 5.92 Å². The monoisotopic (exact) mass is 286 g/mol. The zero-order chi connectivity index (χ0) is 15.4. The van der Waals surface area contributed by atoms with Crippen molar-refractivity contribution in [2.75, 3.05) is 7.11 Å². The maximum atomic E-state index is 11.9. The lowest BCUT2D eigenvalue weighted by Crippen LogP contribution is -2.31.